The Labute approximate surface area is 130 Å². The minimum atomic E-state index is 0.614. The van der Waals surface area contributed by atoms with Crippen molar-refractivity contribution >= 4 is 17.3 Å². The first-order valence-electron chi connectivity index (χ1n) is 6.76. The number of anilines is 1. The molecule has 2 aromatic rings. The molecule has 4 heteroatoms. The molecule has 2 rings (SSSR count). The Morgan fingerprint density at radius 1 is 1.00 bits per heavy atom. The summed E-state index contributed by atoms with van der Waals surface area (Å²) in [7, 11) is 3.24. The number of nitrogens with one attached hydrogen (secondary N) is 1. The van der Waals surface area contributed by atoms with Crippen LogP contribution in [0, 0.1) is 13.8 Å². The summed E-state index contributed by atoms with van der Waals surface area (Å²) in [5, 5.41) is 4.02. The zero-order valence-electron chi connectivity index (χ0n) is 12.8. The van der Waals surface area contributed by atoms with E-state index in [2.05, 4.69) is 37.4 Å². The van der Waals surface area contributed by atoms with Gasteiger partial charge in [0.05, 0.1) is 14.2 Å². The lowest BCUT2D eigenvalue weighted by Gasteiger charge is -2.15. The van der Waals surface area contributed by atoms with E-state index in [4.69, 9.17) is 21.1 Å². The van der Waals surface area contributed by atoms with Gasteiger partial charge in [0.1, 0.15) is 0 Å². The van der Waals surface area contributed by atoms with E-state index in [9.17, 15) is 0 Å². The molecule has 0 fully saturated rings. The maximum Gasteiger partial charge on any atom is 0.165 e. The van der Waals surface area contributed by atoms with E-state index in [1.165, 1.54) is 11.1 Å². The van der Waals surface area contributed by atoms with Gasteiger partial charge in [-0.2, -0.15) is 0 Å². The molecule has 0 aliphatic carbocycles. The largest absolute Gasteiger partial charge is 0.493 e. The molecule has 0 bridgehead atoms. The van der Waals surface area contributed by atoms with E-state index >= 15 is 0 Å². The van der Waals surface area contributed by atoms with Gasteiger partial charge in [0.15, 0.2) is 11.5 Å². The average molecular weight is 306 g/mol. The van der Waals surface area contributed by atoms with Gasteiger partial charge in [0, 0.05) is 28.9 Å². The lowest BCUT2D eigenvalue weighted by atomic mass is 10.1. The van der Waals surface area contributed by atoms with E-state index < -0.39 is 0 Å². The Balaban J connectivity index is 2.22. The highest BCUT2D eigenvalue weighted by Gasteiger charge is 2.11. The minimum absolute atomic E-state index is 0.614. The number of hydrogen-bond donors (Lipinski definition) is 1. The first kappa shape index (κ1) is 15.5. The lowest BCUT2D eigenvalue weighted by Crippen LogP contribution is -2.03. The number of hydrogen-bond acceptors (Lipinski definition) is 3. The Hall–Kier alpha value is -1.87. The average Bonchev–Trinajstić information content (AvgIpc) is 2.47. The standard InChI is InChI=1S/C17H20ClNO2/c1-11-5-6-15(7-12(11)2)19-10-13-8-14(18)9-16(20-3)17(13)21-4/h5-9,19H,10H2,1-4H3. The highest BCUT2D eigenvalue weighted by atomic mass is 35.5. The van der Waals surface area contributed by atoms with Gasteiger partial charge in [-0.3, -0.25) is 0 Å². The molecule has 0 amide bonds. The zero-order chi connectivity index (χ0) is 15.4. The molecule has 112 valence electrons. The molecule has 2 aromatic carbocycles. The van der Waals surface area contributed by atoms with Crippen LogP contribution in [-0.2, 0) is 6.54 Å². The fourth-order valence-electron chi connectivity index (χ4n) is 2.19. The van der Waals surface area contributed by atoms with Crippen LogP contribution in [0.5, 0.6) is 11.5 Å². The quantitative estimate of drug-likeness (QED) is 0.876. The van der Waals surface area contributed by atoms with Gasteiger partial charge in [-0.05, 0) is 43.2 Å². The SMILES string of the molecule is COc1cc(Cl)cc(CNc2ccc(C)c(C)c2)c1OC. The summed E-state index contributed by atoms with van der Waals surface area (Å²) in [6.07, 6.45) is 0. The van der Waals surface area contributed by atoms with Crippen molar-refractivity contribution in [2.24, 2.45) is 0 Å². The number of halogens is 1. The van der Waals surface area contributed by atoms with Gasteiger partial charge >= 0.3 is 0 Å². The van der Waals surface area contributed by atoms with Crippen LogP contribution >= 0.6 is 11.6 Å². The summed E-state index contributed by atoms with van der Waals surface area (Å²) >= 11 is 6.12. The van der Waals surface area contributed by atoms with Gasteiger partial charge in [0.25, 0.3) is 0 Å². The number of aryl methyl sites for hydroxylation is 2. The van der Waals surface area contributed by atoms with Gasteiger partial charge in [0.2, 0.25) is 0 Å². The van der Waals surface area contributed by atoms with Crippen LogP contribution in [0.2, 0.25) is 5.02 Å². The van der Waals surface area contributed by atoms with Crippen molar-refractivity contribution in [3.8, 4) is 11.5 Å². The normalized spacial score (nSPS) is 10.3. The summed E-state index contributed by atoms with van der Waals surface area (Å²) in [4.78, 5) is 0. The number of benzene rings is 2. The van der Waals surface area contributed by atoms with Crippen LogP contribution in [0.4, 0.5) is 5.69 Å². The van der Waals surface area contributed by atoms with Crippen LogP contribution in [0.15, 0.2) is 30.3 Å². The van der Waals surface area contributed by atoms with E-state index in [-0.39, 0.29) is 0 Å². The lowest BCUT2D eigenvalue weighted by molar-refractivity contribution is 0.352. The molecule has 0 saturated heterocycles. The van der Waals surface area contributed by atoms with E-state index in [0.717, 1.165) is 11.3 Å². The van der Waals surface area contributed by atoms with Crippen LogP contribution in [0.1, 0.15) is 16.7 Å². The molecule has 0 unspecified atom stereocenters. The highest BCUT2D eigenvalue weighted by molar-refractivity contribution is 6.30. The van der Waals surface area contributed by atoms with E-state index in [1.807, 2.05) is 6.07 Å². The molecule has 0 aliphatic rings. The van der Waals surface area contributed by atoms with Crippen molar-refractivity contribution in [2.75, 3.05) is 19.5 Å². The molecular weight excluding hydrogens is 286 g/mol. The number of methoxy groups -OCH3 is 2. The molecule has 0 aliphatic heterocycles. The van der Waals surface area contributed by atoms with Crippen molar-refractivity contribution in [2.45, 2.75) is 20.4 Å². The third kappa shape index (κ3) is 3.61. The molecule has 0 radical (unpaired) electrons. The number of rotatable bonds is 5. The summed E-state index contributed by atoms with van der Waals surface area (Å²) in [6, 6.07) is 9.94. The Bertz CT molecular complexity index is 641. The molecular formula is C17H20ClNO2. The molecule has 0 spiro atoms. The fraction of sp³-hybridized carbons (Fsp3) is 0.294. The maximum atomic E-state index is 6.12. The monoisotopic (exact) mass is 305 g/mol. The van der Waals surface area contributed by atoms with Crippen LogP contribution < -0.4 is 14.8 Å². The summed E-state index contributed by atoms with van der Waals surface area (Å²) in [6.45, 7) is 4.82. The second-order valence-electron chi connectivity index (χ2n) is 4.95. The van der Waals surface area contributed by atoms with Crippen LogP contribution in [-0.4, -0.2) is 14.2 Å². The summed E-state index contributed by atoms with van der Waals surface area (Å²) in [5.74, 6) is 1.35. The van der Waals surface area contributed by atoms with Gasteiger partial charge < -0.3 is 14.8 Å². The Kier molecular flexibility index (Phi) is 4.97. The predicted octanol–water partition coefficient (Wildman–Crippen LogP) is 4.59. The van der Waals surface area contributed by atoms with E-state index in [1.54, 1.807) is 20.3 Å². The van der Waals surface area contributed by atoms with Gasteiger partial charge in [-0.25, -0.2) is 0 Å². The molecule has 21 heavy (non-hydrogen) atoms. The van der Waals surface area contributed by atoms with Crippen molar-refractivity contribution in [1.82, 2.24) is 0 Å². The minimum Gasteiger partial charge on any atom is -0.493 e. The fourth-order valence-corrected chi connectivity index (χ4v) is 2.42. The first-order valence-corrected chi connectivity index (χ1v) is 7.14. The second-order valence-corrected chi connectivity index (χ2v) is 5.39. The van der Waals surface area contributed by atoms with Gasteiger partial charge in [-0.1, -0.05) is 17.7 Å². The predicted molar refractivity (Wildman–Crippen MR) is 87.8 cm³/mol. The molecule has 0 saturated carbocycles. The summed E-state index contributed by atoms with van der Waals surface area (Å²) < 4.78 is 10.7. The van der Waals surface area contributed by atoms with Crippen LogP contribution in [0.25, 0.3) is 0 Å². The van der Waals surface area contributed by atoms with E-state index in [0.29, 0.717) is 23.1 Å². The third-order valence-corrected chi connectivity index (χ3v) is 3.73. The smallest absolute Gasteiger partial charge is 0.165 e. The second kappa shape index (κ2) is 6.72. The molecule has 3 nitrogen and oxygen atoms in total. The molecule has 0 heterocycles. The molecule has 1 N–H and O–H groups in total. The highest BCUT2D eigenvalue weighted by Crippen LogP contribution is 2.34. The number of ether oxygens (including phenoxy) is 2. The van der Waals surface area contributed by atoms with Crippen LogP contribution in [0.3, 0.4) is 0 Å². The molecule has 0 aromatic heterocycles. The molecule has 0 atom stereocenters. The van der Waals surface area contributed by atoms with Crippen molar-refractivity contribution in [3.63, 3.8) is 0 Å². The Morgan fingerprint density at radius 2 is 1.76 bits per heavy atom. The maximum absolute atomic E-state index is 6.12. The van der Waals surface area contributed by atoms with Gasteiger partial charge in [-0.15, -0.1) is 0 Å². The topological polar surface area (TPSA) is 30.5 Å². The zero-order valence-corrected chi connectivity index (χ0v) is 13.5. The van der Waals surface area contributed by atoms with Crippen molar-refractivity contribution in [3.05, 3.63) is 52.0 Å². The summed E-state index contributed by atoms with van der Waals surface area (Å²) in [5.41, 5.74) is 4.57. The Morgan fingerprint density at radius 3 is 2.38 bits per heavy atom. The van der Waals surface area contributed by atoms with Crippen molar-refractivity contribution < 1.29 is 9.47 Å². The van der Waals surface area contributed by atoms with Crippen molar-refractivity contribution in [1.29, 1.82) is 0 Å². The first-order chi connectivity index (χ1) is 10.0. The third-order valence-electron chi connectivity index (χ3n) is 3.51.